The van der Waals surface area contributed by atoms with Gasteiger partial charge in [0.15, 0.2) is 5.17 Å². The number of anilines is 1. The fraction of sp³-hybridized carbons (Fsp3) is 0.214. The summed E-state index contributed by atoms with van der Waals surface area (Å²) in [6, 6.07) is 22.2. The fourth-order valence-corrected chi connectivity index (χ4v) is 5.46. The SMILES string of the molecule is COc1ccc([C@@H]2CC(c3ccc(Cl)cc3)=NN2C2=NC(=O)[C@H](CC(=O)Nc3cccc(OC)c3)S2)cc1. The van der Waals surface area contributed by atoms with Crippen LogP contribution < -0.4 is 14.8 Å². The van der Waals surface area contributed by atoms with Crippen molar-refractivity contribution < 1.29 is 19.1 Å². The lowest BCUT2D eigenvalue weighted by atomic mass is 9.98. The van der Waals surface area contributed by atoms with Gasteiger partial charge in [-0.3, -0.25) is 9.59 Å². The molecule has 0 spiro atoms. The number of amides is 2. The predicted octanol–water partition coefficient (Wildman–Crippen LogP) is 5.54. The smallest absolute Gasteiger partial charge is 0.262 e. The number of amidine groups is 1. The van der Waals surface area contributed by atoms with Gasteiger partial charge < -0.3 is 14.8 Å². The Bertz CT molecular complexity index is 1410. The van der Waals surface area contributed by atoms with E-state index < -0.39 is 5.25 Å². The van der Waals surface area contributed by atoms with Crippen molar-refractivity contribution in [2.24, 2.45) is 10.1 Å². The van der Waals surface area contributed by atoms with Crippen LogP contribution in [0.25, 0.3) is 0 Å². The van der Waals surface area contributed by atoms with Gasteiger partial charge in [0, 0.05) is 29.6 Å². The number of carbonyl (C=O) groups excluding carboxylic acids is 2. The van der Waals surface area contributed by atoms with E-state index in [4.69, 9.17) is 26.2 Å². The number of ether oxygens (including phenoxy) is 2. The highest BCUT2D eigenvalue weighted by molar-refractivity contribution is 8.15. The molecule has 0 unspecified atom stereocenters. The second-order valence-corrected chi connectivity index (χ2v) is 10.3. The van der Waals surface area contributed by atoms with Crippen LogP contribution in [-0.2, 0) is 9.59 Å². The quantitative estimate of drug-likeness (QED) is 0.417. The average molecular weight is 549 g/mol. The highest BCUT2D eigenvalue weighted by atomic mass is 35.5. The van der Waals surface area contributed by atoms with Crippen LogP contribution in [0.3, 0.4) is 0 Å². The summed E-state index contributed by atoms with van der Waals surface area (Å²) in [4.78, 5) is 29.9. The Labute approximate surface area is 229 Å². The molecule has 194 valence electrons. The topological polar surface area (TPSA) is 92.6 Å². The zero-order valence-corrected chi connectivity index (χ0v) is 22.3. The Kier molecular flexibility index (Phi) is 7.67. The molecule has 5 rings (SSSR count). The van der Waals surface area contributed by atoms with E-state index in [1.807, 2.05) is 48.5 Å². The number of carbonyl (C=O) groups is 2. The normalized spacial score (nSPS) is 18.7. The van der Waals surface area contributed by atoms with Crippen LogP contribution in [0.2, 0.25) is 5.02 Å². The Balaban J connectivity index is 1.34. The van der Waals surface area contributed by atoms with Gasteiger partial charge in [0.05, 0.1) is 26.0 Å². The van der Waals surface area contributed by atoms with Crippen LogP contribution in [0, 0.1) is 0 Å². The fourth-order valence-electron chi connectivity index (χ4n) is 4.27. The van der Waals surface area contributed by atoms with Gasteiger partial charge in [-0.15, -0.1) is 0 Å². The summed E-state index contributed by atoms with van der Waals surface area (Å²) in [5.74, 6) is 0.753. The first-order valence-corrected chi connectivity index (χ1v) is 13.2. The maximum atomic E-state index is 12.8. The van der Waals surface area contributed by atoms with Crippen molar-refractivity contribution in [2.45, 2.75) is 24.1 Å². The van der Waals surface area contributed by atoms with Crippen molar-refractivity contribution in [2.75, 3.05) is 19.5 Å². The molecule has 0 aliphatic carbocycles. The molecule has 38 heavy (non-hydrogen) atoms. The van der Waals surface area contributed by atoms with Crippen LogP contribution in [0.4, 0.5) is 5.69 Å². The van der Waals surface area contributed by atoms with Gasteiger partial charge in [0.2, 0.25) is 5.91 Å². The van der Waals surface area contributed by atoms with E-state index in [1.165, 1.54) is 11.8 Å². The minimum atomic E-state index is -0.637. The molecule has 0 saturated heterocycles. The van der Waals surface area contributed by atoms with Crippen LogP contribution >= 0.6 is 23.4 Å². The molecule has 2 aliphatic heterocycles. The molecule has 0 bridgehead atoms. The zero-order valence-electron chi connectivity index (χ0n) is 20.8. The number of hydrogen-bond acceptors (Lipinski definition) is 7. The van der Waals surface area contributed by atoms with E-state index in [-0.39, 0.29) is 24.3 Å². The number of rotatable bonds is 7. The second kappa shape index (κ2) is 11.3. The van der Waals surface area contributed by atoms with E-state index in [2.05, 4.69) is 10.3 Å². The van der Waals surface area contributed by atoms with Gasteiger partial charge >= 0.3 is 0 Å². The maximum Gasteiger partial charge on any atom is 0.262 e. The third-order valence-electron chi connectivity index (χ3n) is 6.24. The Morgan fingerprint density at radius 1 is 1.05 bits per heavy atom. The van der Waals surface area contributed by atoms with Crippen molar-refractivity contribution in [1.82, 2.24) is 5.01 Å². The standard InChI is InChI=1S/C28H25ClN4O4S/c1-36-21-12-8-18(9-13-21)24-15-23(17-6-10-19(29)11-7-17)32-33(24)28-31-27(35)25(38-28)16-26(34)30-20-4-3-5-22(14-20)37-2/h3-14,24-25H,15-16H2,1-2H3,(H,30,34)/t24-,25-/m0/s1. The number of hydrazone groups is 1. The minimum Gasteiger partial charge on any atom is -0.497 e. The Hall–Kier alpha value is -3.82. The van der Waals surface area contributed by atoms with E-state index >= 15 is 0 Å². The van der Waals surface area contributed by atoms with Gasteiger partial charge in [-0.1, -0.05) is 53.7 Å². The number of methoxy groups -OCH3 is 2. The molecule has 3 aromatic rings. The molecule has 0 fully saturated rings. The lowest BCUT2D eigenvalue weighted by molar-refractivity contribution is -0.121. The van der Waals surface area contributed by atoms with Crippen LogP contribution in [-0.4, -0.2) is 47.2 Å². The van der Waals surface area contributed by atoms with Crippen LogP contribution in [0.5, 0.6) is 11.5 Å². The summed E-state index contributed by atoms with van der Waals surface area (Å²) >= 11 is 7.34. The van der Waals surface area contributed by atoms with E-state index in [1.54, 1.807) is 43.5 Å². The molecule has 0 aromatic heterocycles. The zero-order chi connectivity index (χ0) is 26.6. The number of aliphatic imine (C=N–C) groups is 1. The van der Waals surface area contributed by atoms with Gasteiger partial charge in [0.25, 0.3) is 5.91 Å². The first kappa shape index (κ1) is 25.8. The molecule has 2 heterocycles. The molecule has 3 aromatic carbocycles. The second-order valence-electron chi connectivity index (χ2n) is 8.71. The molecule has 8 nitrogen and oxygen atoms in total. The molecule has 2 aliphatic rings. The highest BCUT2D eigenvalue weighted by Gasteiger charge is 2.39. The first-order valence-electron chi connectivity index (χ1n) is 11.9. The van der Waals surface area contributed by atoms with Crippen molar-refractivity contribution in [3.05, 3.63) is 88.9 Å². The highest BCUT2D eigenvalue weighted by Crippen LogP contribution is 2.39. The summed E-state index contributed by atoms with van der Waals surface area (Å²) < 4.78 is 10.5. The minimum absolute atomic E-state index is 0.0114. The first-order chi connectivity index (χ1) is 18.4. The molecule has 2 amide bonds. The molecule has 10 heteroatoms. The average Bonchev–Trinajstić information content (AvgIpc) is 3.53. The van der Waals surface area contributed by atoms with Gasteiger partial charge in [-0.2, -0.15) is 10.1 Å². The Morgan fingerprint density at radius 2 is 1.79 bits per heavy atom. The molecule has 2 atom stereocenters. The number of thioether (sulfide) groups is 1. The number of nitrogens with zero attached hydrogens (tertiary/aromatic N) is 3. The van der Waals surface area contributed by atoms with Crippen molar-refractivity contribution in [3.63, 3.8) is 0 Å². The van der Waals surface area contributed by atoms with Crippen LogP contribution in [0.1, 0.15) is 30.0 Å². The summed E-state index contributed by atoms with van der Waals surface area (Å²) in [7, 11) is 3.19. The molecule has 1 N–H and O–H groups in total. The lowest BCUT2D eigenvalue weighted by Gasteiger charge is -2.23. The van der Waals surface area contributed by atoms with Crippen molar-refractivity contribution >= 4 is 51.7 Å². The van der Waals surface area contributed by atoms with E-state index in [9.17, 15) is 9.59 Å². The molecular weight excluding hydrogens is 524 g/mol. The molecular formula is C28H25ClN4O4S. The van der Waals surface area contributed by atoms with Crippen LogP contribution in [0.15, 0.2) is 82.9 Å². The number of hydrogen-bond donors (Lipinski definition) is 1. The largest absolute Gasteiger partial charge is 0.497 e. The monoisotopic (exact) mass is 548 g/mol. The van der Waals surface area contributed by atoms with E-state index in [0.717, 1.165) is 22.6 Å². The van der Waals surface area contributed by atoms with E-state index in [0.29, 0.717) is 28.0 Å². The number of halogens is 1. The molecule has 0 radical (unpaired) electrons. The van der Waals surface area contributed by atoms with Gasteiger partial charge in [0.1, 0.15) is 16.7 Å². The third kappa shape index (κ3) is 5.69. The lowest BCUT2D eigenvalue weighted by Crippen LogP contribution is -2.25. The summed E-state index contributed by atoms with van der Waals surface area (Å²) in [5.41, 5.74) is 3.41. The number of benzene rings is 3. The van der Waals surface area contributed by atoms with Crippen molar-refractivity contribution in [1.29, 1.82) is 0 Å². The molecule has 0 saturated carbocycles. The van der Waals surface area contributed by atoms with Crippen molar-refractivity contribution in [3.8, 4) is 11.5 Å². The summed E-state index contributed by atoms with van der Waals surface area (Å²) in [6.45, 7) is 0. The van der Waals surface area contributed by atoms with Gasteiger partial charge in [-0.05, 0) is 47.5 Å². The third-order valence-corrected chi connectivity index (χ3v) is 7.63. The summed E-state index contributed by atoms with van der Waals surface area (Å²) in [6.07, 6.45) is 0.602. The predicted molar refractivity (Wildman–Crippen MR) is 150 cm³/mol. The van der Waals surface area contributed by atoms with Gasteiger partial charge in [-0.25, -0.2) is 5.01 Å². The Morgan fingerprint density at radius 3 is 2.50 bits per heavy atom. The number of nitrogens with one attached hydrogen (secondary N) is 1. The maximum absolute atomic E-state index is 12.8. The summed E-state index contributed by atoms with van der Waals surface area (Å²) in [5, 5.41) is 9.96.